The smallest absolute Gasteiger partial charge is 0.227 e. The Bertz CT molecular complexity index is 949. The van der Waals surface area contributed by atoms with Crippen molar-refractivity contribution in [2.24, 2.45) is 0 Å². The predicted octanol–water partition coefficient (Wildman–Crippen LogP) is 5.69. The maximum absolute atomic E-state index is 13.5. The first-order valence-corrected chi connectivity index (χ1v) is 10.8. The van der Waals surface area contributed by atoms with Gasteiger partial charge in [0.2, 0.25) is 5.91 Å². The van der Waals surface area contributed by atoms with E-state index in [1.54, 1.807) is 12.1 Å². The maximum Gasteiger partial charge on any atom is 0.227 e. The Labute approximate surface area is 195 Å². The molecule has 2 aliphatic heterocycles. The van der Waals surface area contributed by atoms with Gasteiger partial charge in [0.05, 0.1) is 22.5 Å². The number of carbonyl (C=O) groups excluding carboxylic acids is 1. The van der Waals surface area contributed by atoms with E-state index in [0.29, 0.717) is 23.0 Å². The zero-order valence-electron chi connectivity index (χ0n) is 17.3. The van der Waals surface area contributed by atoms with Crippen LogP contribution in [0.5, 0.6) is 0 Å². The Morgan fingerprint density at radius 1 is 1.07 bits per heavy atom. The van der Waals surface area contributed by atoms with Crippen molar-refractivity contribution in [1.29, 1.82) is 0 Å². The highest BCUT2D eigenvalue weighted by Gasteiger charge is 2.40. The molecule has 2 heterocycles. The van der Waals surface area contributed by atoms with Crippen molar-refractivity contribution in [2.75, 3.05) is 26.2 Å². The molecule has 0 saturated carbocycles. The number of nitrogens with zero attached hydrogens (tertiary/aromatic N) is 2. The normalized spacial score (nSPS) is 20.0. The van der Waals surface area contributed by atoms with Gasteiger partial charge < -0.3 is 4.90 Å². The molecule has 160 valence electrons. The second kappa shape index (κ2) is 9.32. The zero-order valence-corrected chi connectivity index (χ0v) is 19.6. The third-order valence-corrected chi connectivity index (χ3v) is 6.71. The molecule has 1 unspecified atom stereocenters. The Balaban J connectivity index is 0.00000256. The van der Waals surface area contributed by atoms with Gasteiger partial charge in [-0.3, -0.25) is 9.69 Å². The number of hydrogen-bond donors (Lipinski definition) is 0. The van der Waals surface area contributed by atoms with Gasteiger partial charge >= 0.3 is 0 Å². The van der Waals surface area contributed by atoms with E-state index in [2.05, 4.69) is 60.1 Å². The molecule has 2 aromatic carbocycles. The van der Waals surface area contributed by atoms with Crippen LogP contribution in [0.3, 0.4) is 0 Å². The second-order valence-corrected chi connectivity index (χ2v) is 9.44. The molecule has 1 atom stereocenters. The minimum absolute atomic E-state index is 0. The summed E-state index contributed by atoms with van der Waals surface area (Å²) in [7, 11) is 0. The molecule has 4 rings (SSSR count). The Kier molecular flexibility index (Phi) is 7.19. The molecule has 0 radical (unpaired) electrons. The summed E-state index contributed by atoms with van der Waals surface area (Å²) in [5.41, 5.74) is 3.40. The summed E-state index contributed by atoms with van der Waals surface area (Å²) in [5.74, 6) is 0.128. The van der Waals surface area contributed by atoms with Crippen molar-refractivity contribution in [3.8, 4) is 0 Å². The van der Waals surface area contributed by atoms with E-state index in [1.165, 1.54) is 11.1 Å². The molecular weight excluding hydrogens is 439 g/mol. The van der Waals surface area contributed by atoms with Crippen LogP contribution in [-0.4, -0.2) is 41.9 Å². The van der Waals surface area contributed by atoms with E-state index in [9.17, 15) is 4.79 Å². The van der Waals surface area contributed by atoms with E-state index >= 15 is 0 Å². The van der Waals surface area contributed by atoms with Crippen molar-refractivity contribution < 1.29 is 4.79 Å². The average molecular weight is 466 g/mol. The third-order valence-electron chi connectivity index (χ3n) is 5.98. The van der Waals surface area contributed by atoms with Gasteiger partial charge in [0, 0.05) is 31.6 Å². The molecule has 0 aliphatic carbocycles. The van der Waals surface area contributed by atoms with Gasteiger partial charge in [-0.25, -0.2) is 0 Å². The molecule has 6 heteroatoms. The number of benzene rings is 2. The highest BCUT2D eigenvalue weighted by molar-refractivity contribution is 6.42. The van der Waals surface area contributed by atoms with Crippen LogP contribution >= 0.6 is 35.6 Å². The summed E-state index contributed by atoms with van der Waals surface area (Å²) in [5, 5.41) is 0.997. The van der Waals surface area contributed by atoms with Crippen LogP contribution < -0.4 is 0 Å². The van der Waals surface area contributed by atoms with Gasteiger partial charge in [0.15, 0.2) is 0 Å². The minimum Gasteiger partial charge on any atom is -0.333 e. The van der Waals surface area contributed by atoms with Crippen LogP contribution in [0, 0.1) is 0 Å². The van der Waals surface area contributed by atoms with Gasteiger partial charge in [0.1, 0.15) is 0 Å². The molecule has 0 bridgehead atoms. The summed E-state index contributed by atoms with van der Waals surface area (Å²) in [6.45, 7) is 7.87. The van der Waals surface area contributed by atoms with Crippen LogP contribution in [0.2, 0.25) is 10.0 Å². The molecule has 0 N–H and O–H groups in total. The summed E-state index contributed by atoms with van der Waals surface area (Å²) in [6.07, 6.45) is 4.71. The lowest BCUT2D eigenvalue weighted by Crippen LogP contribution is -2.51. The Morgan fingerprint density at radius 2 is 1.77 bits per heavy atom. The molecule has 2 aliphatic rings. The summed E-state index contributed by atoms with van der Waals surface area (Å²) in [6, 6.07) is 14.1. The summed E-state index contributed by atoms with van der Waals surface area (Å²) in [4.78, 5) is 17.9. The van der Waals surface area contributed by atoms with Gasteiger partial charge in [0.25, 0.3) is 0 Å². The lowest BCUT2D eigenvalue weighted by atomic mass is 9.75. The molecule has 30 heavy (non-hydrogen) atoms. The maximum atomic E-state index is 13.5. The largest absolute Gasteiger partial charge is 0.333 e. The fraction of sp³-hybridized carbons (Fsp3) is 0.375. The van der Waals surface area contributed by atoms with E-state index in [0.717, 1.165) is 25.2 Å². The SMILES string of the molecule is CC1(C)CN(C(=O)Cc2ccc(Cl)c(Cl)c2)C(CN2CC=CC2)c2ccccc21.Cl. The van der Waals surface area contributed by atoms with Crippen molar-refractivity contribution in [3.05, 3.63) is 81.4 Å². The van der Waals surface area contributed by atoms with Crippen molar-refractivity contribution in [1.82, 2.24) is 9.80 Å². The van der Waals surface area contributed by atoms with E-state index in [4.69, 9.17) is 23.2 Å². The predicted molar refractivity (Wildman–Crippen MR) is 127 cm³/mol. The standard InChI is InChI=1S/C24H26Cl2N2O.ClH/c1-24(2)16-28(23(29)14-17-9-10-20(25)21(26)13-17)22(15-27-11-5-6-12-27)18-7-3-4-8-19(18)24;/h3-10,13,22H,11-12,14-16H2,1-2H3;1H. The van der Waals surface area contributed by atoms with Gasteiger partial charge in [-0.2, -0.15) is 0 Å². The van der Waals surface area contributed by atoms with Gasteiger partial charge in [-0.1, -0.05) is 79.5 Å². The number of hydrogen-bond acceptors (Lipinski definition) is 2. The van der Waals surface area contributed by atoms with E-state index in [1.807, 2.05) is 6.07 Å². The highest BCUT2D eigenvalue weighted by atomic mass is 35.5. The minimum atomic E-state index is -0.0936. The molecule has 0 fully saturated rings. The lowest BCUT2D eigenvalue weighted by molar-refractivity contribution is -0.135. The molecule has 2 aromatic rings. The fourth-order valence-electron chi connectivity index (χ4n) is 4.49. The molecule has 0 aromatic heterocycles. The van der Waals surface area contributed by atoms with Crippen LogP contribution in [0.1, 0.15) is 36.6 Å². The molecule has 3 nitrogen and oxygen atoms in total. The lowest BCUT2D eigenvalue weighted by Gasteiger charge is -2.46. The quantitative estimate of drug-likeness (QED) is 0.541. The highest BCUT2D eigenvalue weighted by Crippen LogP contribution is 2.40. The summed E-state index contributed by atoms with van der Waals surface area (Å²) < 4.78 is 0. The Morgan fingerprint density at radius 3 is 2.47 bits per heavy atom. The van der Waals surface area contributed by atoms with Crippen LogP contribution in [0.15, 0.2) is 54.6 Å². The number of halogens is 3. The average Bonchev–Trinajstić information content (AvgIpc) is 3.20. The Hall–Kier alpha value is -1.52. The molecule has 0 spiro atoms. The molecule has 0 saturated heterocycles. The molecular formula is C24H27Cl3N2O. The topological polar surface area (TPSA) is 23.6 Å². The van der Waals surface area contributed by atoms with E-state index < -0.39 is 0 Å². The third kappa shape index (κ3) is 4.70. The van der Waals surface area contributed by atoms with Crippen LogP contribution in [-0.2, 0) is 16.6 Å². The van der Waals surface area contributed by atoms with Crippen LogP contribution in [0.25, 0.3) is 0 Å². The van der Waals surface area contributed by atoms with Crippen LogP contribution in [0.4, 0.5) is 0 Å². The number of rotatable bonds is 4. The number of amides is 1. The van der Waals surface area contributed by atoms with Gasteiger partial charge in [-0.15, -0.1) is 12.4 Å². The first-order chi connectivity index (χ1) is 13.8. The summed E-state index contributed by atoms with van der Waals surface area (Å²) >= 11 is 12.2. The molecule has 1 amide bonds. The second-order valence-electron chi connectivity index (χ2n) is 8.62. The fourth-order valence-corrected chi connectivity index (χ4v) is 4.81. The van der Waals surface area contributed by atoms with E-state index in [-0.39, 0.29) is 29.8 Å². The first kappa shape index (κ1) is 23.1. The number of fused-ring (bicyclic) bond motifs is 1. The van der Waals surface area contributed by atoms with Gasteiger partial charge in [-0.05, 0) is 28.8 Å². The first-order valence-electron chi connectivity index (χ1n) is 10.1. The van der Waals surface area contributed by atoms with Crippen molar-refractivity contribution >= 4 is 41.5 Å². The van der Waals surface area contributed by atoms with Crippen molar-refractivity contribution in [3.63, 3.8) is 0 Å². The number of carbonyl (C=O) groups is 1. The zero-order chi connectivity index (χ0) is 20.6. The monoisotopic (exact) mass is 464 g/mol. The van der Waals surface area contributed by atoms with Crippen molar-refractivity contribution in [2.45, 2.75) is 31.7 Å².